The number of hydrogen-bond acceptors (Lipinski definition) is 3. The number of nitrogens with zero attached hydrogens (tertiary/aromatic N) is 2. The van der Waals surface area contributed by atoms with Gasteiger partial charge in [0.2, 0.25) is 0 Å². The van der Waals surface area contributed by atoms with Gasteiger partial charge in [-0.25, -0.2) is 4.79 Å². The zero-order chi connectivity index (χ0) is 18.4. The van der Waals surface area contributed by atoms with Crippen molar-refractivity contribution in [3.63, 3.8) is 0 Å². The lowest BCUT2D eigenvalue weighted by Gasteiger charge is -2.35. The first-order valence-corrected chi connectivity index (χ1v) is 9.29. The number of benzene rings is 1. The number of piperidine rings is 1. The molecule has 2 amide bonds. The van der Waals surface area contributed by atoms with E-state index >= 15 is 0 Å². The van der Waals surface area contributed by atoms with Gasteiger partial charge in [0.1, 0.15) is 5.75 Å². The highest BCUT2D eigenvalue weighted by Crippen LogP contribution is 2.25. The van der Waals surface area contributed by atoms with Crippen LogP contribution in [0, 0.1) is 6.92 Å². The second-order valence-electron chi connectivity index (χ2n) is 6.82. The predicted octanol–water partition coefficient (Wildman–Crippen LogP) is 4.42. The molecule has 1 atom stereocenters. The van der Waals surface area contributed by atoms with Crippen molar-refractivity contribution >= 4 is 11.7 Å². The largest absolute Gasteiger partial charge is 0.496 e. The van der Waals surface area contributed by atoms with Crippen molar-refractivity contribution in [2.45, 2.75) is 45.1 Å². The van der Waals surface area contributed by atoms with Crippen LogP contribution in [0.25, 0.3) is 0 Å². The molecule has 1 unspecified atom stereocenters. The van der Waals surface area contributed by atoms with E-state index < -0.39 is 0 Å². The maximum absolute atomic E-state index is 12.8. The average molecular weight is 353 g/mol. The van der Waals surface area contributed by atoms with Gasteiger partial charge in [-0.1, -0.05) is 12.1 Å². The minimum absolute atomic E-state index is 0.0263. The summed E-state index contributed by atoms with van der Waals surface area (Å²) in [7, 11) is 1.65. The van der Waals surface area contributed by atoms with E-state index in [1.807, 2.05) is 54.4 Å². The highest BCUT2D eigenvalue weighted by atomic mass is 16.5. The lowest BCUT2D eigenvalue weighted by atomic mass is 9.97. The molecule has 26 heavy (non-hydrogen) atoms. The molecule has 5 nitrogen and oxygen atoms in total. The Balaban J connectivity index is 1.64. The molecular weight excluding hydrogens is 326 g/mol. The first-order chi connectivity index (χ1) is 12.7. The molecule has 5 heteroatoms. The summed E-state index contributed by atoms with van der Waals surface area (Å²) in [6.07, 6.45) is 6.96. The van der Waals surface area contributed by atoms with Crippen LogP contribution in [0.2, 0.25) is 0 Å². The van der Waals surface area contributed by atoms with Gasteiger partial charge in [-0.15, -0.1) is 0 Å². The number of carbonyl (C=O) groups excluding carboxylic acids is 1. The molecule has 0 radical (unpaired) electrons. The van der Waals surface area contributed by atoms with Gasteiger partial charge in [-0.05, 0) is 62.8 Å². The van der Waals surface area contributed by atoms with Crippen molar-refractivity contribution in [3.05, 3.63) is 53.9 Å². The fourth-order valence-corrected chi connectivity index (χ4v) is 3.52. The average Bonchev–Trinajstić information content (AvgIpc) is 2.69. The Bertz CT molecular complexity index is 733. The van der Waals surface area contributed by atoms with Crippen molar-refractivity contribution in [2.24, 2.45) is 0 Å². The molecule has 1 aromatic carbocycles. The van der Waals surface area contributed by atoms with E-state index in [1.165, 1.54) is 6.42 Å². The van der Waals surface area contributed by atoms with Crippen molar-refractivity contribution in [1.29, 1.82) is 0 Å². The molecule has 2 aromatic rings. The molecule has 1 saturated heterocycles. The molecule has 0 spiro atoms. The van der Waals surface area contributed by atoms with Crippen LogP contribution >= 0.6 is 0 Å². The standard InChI is InChI=1S/C21H27N3O2/c1-16-9-10-18(15-20(16)26-2)23-21(25)24-14-6-4-8-19(24)12-11-17-7-3-5-13-22-17/h3,5,7,9-10,13,15,19H,4,6,8,11-12,14H2,1-2H3,(H,23,25). The SMILES string of the molecule is COc1cc(NC(=O)N2CCCCC2CCc2ccccn2)ccc1C. The monoisotopic (exact) mass is 353 g/mol. The van der Waals surface area contributed by atoms with Crippen LogP contribution in [0.5, 0.6) is 5.75 Å². The quantitative estimate of drug-likeness (QED) is 0.866. The van der Waals surface area contributed by atoms with E-state index in [0.29, 0.717) is 0 Å². The molecular formula is C21H27N3O2. The molecule has 0 bridgehead atoms. The highest BCUT2D eigenvalue weighted by molar-refractivity contribution is 5.90. The number of aryl methyl sites for hydroxylation is 2. The minimum atomic E-state index is -0.0263. The van der Waals surface area contributed by atoms with Gasteiger partial charge in [0.15, 0.2) is 0 Å². The number of nitrogens with one attached hydrogen (secondary N) is 1. The van der Waals surface area contributed by atoms with Gasteiger partial charge in [0, 0.05) is 36.2 Å². The fourth-order valence-electron chi connectivity index (χ4n) is 3.52. The Morgan fingerprint density at radius 2 is 2.19 bits per heavy atom. The zero-order valence-electron chi connectivity index (χ0n) is 15.6. The third kappa shape index (κ3) is 4.54. The Morgan fingerprint density at radius 3 is 2.96 bits per heavy atom. The van der Waals surface area contributed by atoms with E-state index in [0.717, 1.165) is 54.9 Å². The van der Waals surface area contributed by atoms with Crippen LogP contribution in [-0.4, -0.2) is 35.6 Å². The normalized spacial score (nSPS) is 17.0. The molecule has 1 N–H and O–H groups in total. The topological polar surface area (TPSA) is 54.5 Å². The second kappa shape index (κ2) is 8.70. The van der Waals surface area contributed by atoms with E-state index in [9.17, 15) is 4.79 Å². The molecule has 1 fully saturated rings. The van der Waals surface area contributed by atoms with Crippen molar-refractivity contribution in [1.82, 2.24) is 9.88 Å². The van der Waals surface area contributed by atoms with Crippen molar-refractivity contribution in [3.8, 4) is 5.75 Å². The van der Waals surface area contributed by atoms with Gasteiger partial charge in [-0.2, -0.15) is 0 Å². The molecule has 138 valence electrons. The summed E-state index contributed by atoms with van der Waals surface area (Å²) >= 11 is 0. The van der Waals surface area contributed by atoms with Crippen molar-refractivity contribution < 1.29 is 9.53 Å². The number of ether oxygens (including phenoxy) is 1. The summed E-state index contributed by atoms with van der Waals surface area (Å²) in [5.41, 5.74) is 2.91. The number of aromatic nitrogens is 1. The second-order valence-corrected chi connectivity index (χ2v) is 6.82. The maximum Gasteiger partial charge on any atom is 0.322 e. The summed E-state index contributed by atoms with van der Waals surface area (Å²) in [5.74, 6) is 0.785. The maximum atomic E-state index is 12.8. The number of likely N-dealkylation sites (tertiary alicyclic amines) is 1. The fraction of sp³-hybridized carbons (Fsp3) is 0.429. The third-order valence-electron chi connectivity index (χ3n) is 5.01. The van der Waals surface area contributed by atoms with Gasteiger partial charge in [0.25, 0.3) is 0 Å². The number of pyridine rings is 1. The Kier molecular flexibility index (Phi) is 6.10. The molecule has 1 aromatic heterocycles. The Labute approximate surface area is 155 Å². The van der Waals surface area contributed by atoms with Crippen LogP contribution in [-0.2, 0) is 6.42 Å². The molecule has 3 rings (SSSR count). The van der Waals surface area contributed by atoms with E-state index in [-0.39, 0.29) is 12.1 Å². The minimum Gasteiger partial charge on any atom is -0.496 e. The number of hydrogen-bond donors (Lipinski definition) is 1. The van der Waals surface area contributed by atoms with Gasteiger partial charge in [-0.3, -0.25) is 4.98 Å². The number of urea groups is 1. The Hall–Kier alpha value is -2.56. The summed E-state index contributed by atoms with van der Waals surface area (Å²) < 4.78 is 5.35. The number of methoxy groups -OCH3 is 1. The van der Waals surface area contributed by atoms with Crippen LogP contribution < -0.4 is 10.1 Å². The predicted molar refractivity (Wildman–Crippen MR) is 104 cm³/mol. The Morgan fingerprint density at radius 1 is 1.31 bits per heavy atom. The van der Waals surface area contributed by atoms with E-state index in [2.05, 4.69) is 10.3 Å². The molecule has 1 aliphatic heterocycles. The summed E-state index contributed by atoms with van der Waals surface area (Å²) in [6, 6.07) is 12.0. The molecule has 1 aliphatic rings. The summed E-state index contributed by atoms with van der Waals surface area (Å²) in [5, 5.41) is 3.03. The number of anilines is 1. The molecule has 2 heterocycles. The molecule has 0 saturated carbocycles. The lowest BCUT2D eigenvalue weighted by molar-refractivity contribution is 0.158. The number of rotatable bonds is 5. The smallest absolute Gasteiger partial charge is 0.322 e. The van der Waals surface area contributed by atoms with E-state index in [4.69, 9.17) is 4.74 Å². The van der Waals surface area contributed by atoms with Crippen LogP contribution in [0.1, 0.15) is 36.9 Å². The van der Waals surface area contributed by atoms with Crippen LogP contribution in [0.4, 0.5) is 10.5 Å². The number of carbonyl (C=O) groups is 1. The first kappa shape index (κ1) is 18.2. The van der Waals surface area contributed by atoms with Gasteiger partial charge in [0.05, 0.1) is 7.11 Å². The van der Waals surface area contributed by atoms with Crippen molar-refractivity contribution in [2.75, 3.05) is 19.0 Å². The van der Waals surface area contributed by atoms with Crippen LogP contribution in [0.3, 0.4) is 0 Å². The van der Waals surface area contributed by atoms with Crippen LogP contribution in [0.15, 0.2) is 42.6 Å². The number of amides is 2. The van der Waals surface area contributed by atoms with E-state index in [1.54, 1.807) is 7.11 Å². The first-order valence-electron chi connectivity index (χ1n) is 9.29. The van der Waals surface area contributed by atoms with Gasteiger partial charge < -0.3 is 15.0 Å². The summed E-state index contributed by atoms with van der Waals surface area (Å²) in [4.78, 5) is 19.2. The summed E-state index contributed by atoms with van der Waals surface area (Å²) in [6.45, 7) is 2.80. The lowest BCUT2D eigenvalue weighted by Crippen LogP contribution is -2.46. The molecule has 0 aliphatic carbocycles. The zero-order valence-corrected chi connectivity index (χ0v) is 15.6. The third-order valence-corrected chi connectivity index (χ3v) is 5.01. The van der Waals surface area contributed by atoms with Gasteiger partial charge >= 0.3 is 6.03 Å². The highest BCUT2D eigenvalue weighted by Gasteiger charge is 2.26.